The predicted molar refractivity (Wildman–Crippen MR) is 135 cm³/mol. The minimum atomic E-state index is -0.645. The first-order valence-corrected chi connectivity index (χ1v) is 11.4. The Kier molecular flexibility index (Phi) is 6.61. The average Bonchev–Trinajstić information content (AvgIpc) is 2.90. The maximum absolute atomic E-state index is 13.4. The summed E-state index contributed by atoms with van der Waals surface area (Å²) in [6.45, 7) is 6.09. The molecule has 3 aromatic rings. The second kappa shape index (κ2) is 9.59. The second-order valence-electron chi connectivity index (χ2n) is 8.08. The molecule has 1 unspecified atom stereocenters. The molecule has 2 amide bonds. The molecular formula is C27H26ClN3O2. The third kappa shape index (κ3) is 4.69. The van der Waals surface area contributed by atoms with Gasteiger partial charge in [0.25, 0.3) is 5.91 Å². The van der Waals surface area contributed by atoms with Gasteiger partial charge in [-0.15, -0.1) is 0 Å². The summed E-state index contributed by atoms with van der Waals surface area (Å²) in [5, 5.41) is 0.542. The minimum absolute atomic E-state index is 0.0861. The third-order valence-corrected chi connectivity index (χ3v) is 5.96. The standard InChI is InChI=1S/C27H26ClN3O2/c1-4-30(22-12-8-9-18(2)15-22)25(32)17-31-24-14-13-21(28)16-23(24)26(29-19(3)27(31)33)20-10-6-5-7-11-20/h5-16,19H,4,17H2,1-3H3. The molecule has 5 nitrogen and oxygen atoms in total. The van der Waals surface area contributed by atoms with Crippen LogP contribution in [-0.2, 0) is 9.59 Å². The molecule has 33 heavy (non-hydrogen) atoms. The van der Waals surface area contributed by atoms with Crippen LogP contribution in [0.25, 0.3) is 0 Å². The number of hydrogen-bond acceptors (Lipinski definition) is 3. The summed E-state index contributed by atoms with van der Waals surface area (Å²) in [4.78, 5) is 34.8. The molecule has 0 radical (unpaired) electrons. The normalized spacial score (nSPS) is 15.5. The van der Waals surface area contributed by atoms with Crippen molar-refractivity contribution in [1.82, 2.24) is 0 Å². The zero-order valence-corrected chi connectivity index (χ0v) is 19.7. The van der Waals surface area contributed by atoms with Crippen molar-refractivity contribution < 1.29 is 9.59 Å². The van der Waals surface area contributed by atoms with Crippen LogP contribution in [0.1, 0.15) is 30.5 Å². The summed E-state index contributed by atoms with van der Waals surface area (Å²) < 4.78 is 0. The number of halogens is 1. The van der Waals surface area contributed by atoms with E-state index in [-0.39, 0.29) is 18.4 Å². The van der Waals surface area contributed by atoms with Gasteiger partial charge in [-0.25, -0.2) is 0 Å². The van der Waals surface area contributed by atoms with Crippen molar-refractivity contribution in [2.75, 3.05) is 22.9 Å². The van der Waals surface area contributed by atoms with Crippen LogP contribution in [0.2, 0.25) is 5.02 Å². The SMILES string of the molecule is CCN(C(=O)CN1C(=O)C(C)N=C(c2ccccc2)c2cc(Cl)ccc21)c1cccc(C)c1. The number of carbonyl (C=O) groups excluding carboxylic acids is 2. The van der Waals surface area contributed by atoms with Crippen LogP contribution in [-0.4, -0.2) is 36.7 Å². The van der Waals surface area contributed by atoms with Crippen LogP contribution in [0.3, 0.4) is 0 Å². The Morgan fingerprint density at radius 3 is 2.52 bits per heavy atom. The van der Waals surface area contributed by atoms with Gasteiger partial charge in [0.1, 0.15) is 12.6 Å². The van der Waals surface area contributed by atoms with E-state index in [1.165, 1.54) is 4.90 Å². The molecule has 6 heteroatoms. The van der Waals surface area contributed by atoms with Crippen LogP contribution < -0.4 is 9.80 Å². The number of benzene rings is 3. The predicted octanol–water partition coefficient (Wildman–Crippen LogP) is 5.27. The highest BCUT2D eigenvalue weighted by molar-refractivity contribution is 6.32. The molecule has 4 rings (SSSR count). The maximum atomic E-state index is 13.4. The largest absolute Gasteiger partial charge is 0.311 e. The van der Waals surface area contributed by atoms with Gasteiger partial charge in [0, 0.05) is 28.4 Å². The number of anilines is 2. The van der Waals surface area contributed by atoms with Crippen LogP contribution in [0.15, 0.2) is 77.8 Å². The minimum Gasteiger partial charge on any atom is -0.311 e. The fraction of sp³-hybridized carbons (Fsp3) is 0.222. The van der Waals surface area contributed by atoms with Crippen molar-refractivity contribution in [3.8, 4) is 0 Å². The van der Waals surface area contributed by atoms with Crippen molar-refractivity contribution in [3.05, 3.63) is 94.5 Å². The summed E-state index contributed by atoms with van der Waals surface area (Å²) in [5.41, 5.74) is 4.83. The molecule has 0 spiro atoms. The smallest absolute Gasteiger partial charge is 0.252 e. The van der Waals surface area contributed by atoms with E-state index >= 15 is 0 Å². The molecule has 1 aliphatic rings. The van der Waals surface area contributed by atoms with Gasteiger partial charge in [-0.3, -0.25) is 14.6 Å². The quantitative estimate of drug-likeness (QED) is 0.521. The van der Waals surface area contributed by atoms with Gasteiger partial charge in [-0.1, -0.05) is 54.1 Å². The van der Waals surface area contributed by atoms with Gasteiger partial charge in [0.15, 0.2) is 0 Å². The van der Waals surface area contributed by atoms with E-state index in [0.717, 1.165) is 22.4 Å². The van der Waals surface area contributed by atoms with E-state index in [9.17, 15) is 9.59 Å². The molecule has 0 fully saturated rings. The number of aliphatic imine (C=N–C) groups is 1. The lowest BCUT2D eigenvalue weighted by molar-refractivity contribution is -0.123. The van der Waals surface area contributed by atoms with E-state index in [2.05, 4.69) is 0 Å². The number of rotatable bonds is 5. The number of hydrogen-bond donors (Lipinski definition) is 0. The first kappa shape index (κ1) is 22.7. The Balaban J connectivity index is 1.75. The number of nitrogens with zero attached hydrogens (tertiary/aromatic N) is 3. The molecule has 0 bridgehead atoms. The van der Waals surface area contributed by atoms with E-state index in [0.29, 0.717) is 23.0 Å². The van der Waals surface area contributed by atoms with Crippen LogP contribution in [0.5, 0.6) is 0 Å². The summed E-state index contributed by atoms with van der Waals surface area (Å²) in [5.74, 6) is -0.383. The Morgan fingerprint density at radius 1 is 1.06 bits per heavy atom. The highest BCUT2D eigenvalue weighted by Crippen LogP contribution is 2.31. The summed E-state index contributed by atoms with van der Waals surface area (Å²) >= 11 is 6.34. The molecular weight excluding hydrogens is 434 g/mol. The molecule has 1 heterocycles. The van der Waals surface area contributed by atoms with Gasteiger partial charge < -0.3 is 9.80 Å². The molecule has 0 aliphatic carbocycles. The maximum Gasteiger partial charge on any atom is 0.252 e. The second-order valence-corrected chi connectivity index (χ2v) is 8.52. The number of aryl methyl sites for hydroxylation is 1. The average molecular weight is 460 g/mol. The van der Waals surface area contributed by atoms with Crippen LogP contribution in [0, 0.1) is 6.92 Å². The fourth-order valence-corrected chi connectivity index (χ4v) is 4.28. The topological polar surface area (TPSA) is 53.0 Å². The van der Waals surface area contributed by atoms with Gasteiger partial charge in [-0.05, 0) is 56.7 Å². The summed E-state index contributed by atoms with van der Waals surface area (Å²) in [7, 11) is 0. The van der Waals surface area contributed by atoms with Crippen LogP contribution >= 0.6 is 11.6 Å². The summed E-state index contributed by atoms with van der Waals surface area (Å²) in [6.07, 6.45) is 0. The number of benzodiazepines with no additional fused rings is 1. The van der Waals surface area contributed by atoms with Crippen molar-refractivity contribution in [2.45, 2.75) is 26.8 Å². The van der Waals surface area contributed by atoms with Crippen molar-refractivity contribution in [2.24, 2.45) is 4.99 Å². The molecule has 3 aromatic carbocycles. The highest BCUT2D eigenvalue weighted by Gasteiger charge is 2.32. The summed E-state index contributed by atoms with van der Waals surface area (Å²) in [6, 6.07) is 22.2. The monoisotopic (exact) mass is 459 g/mol. The lowest BCUT2D eigenvalue weighted by Crippen LogP contribution is -2.45. The number of amides is 2. The van der Waals surface area contributed by atoms with Gasteiger partial charge in [0.05, 0.1) is 11.4 Å². The molecule has 1 aliphatic heterocycles. The Labute approximate surface area is 199 Å². The number of likely N-dealkylation sites (N-methyl/N-ethyl adjacent to an activating group) is 1. The Morgan fingerprint density at radius 2 is 1.82 bits per heavy atom. The molecule has 168 valence electrons. The Bertz CT molecular complexity index is 1220. The number of fused-ring (bicyclic) bond motifs is 1. The first-order valence-electron chi connectivity index (χ1n) is 11.0. The van der Waals surface area contributed by atoms with E-state index in [4.69, 9.17) is 16.6 Å². The van der Waals surface area contributed by atoms with Crippen molar-refractivity contribution in [3.63, 3.8) is 0 Å². The zero-order valence-electron chi connectivity index (χ0n) is 19.0. The Hall–Kier alpha value is -3.44. The van der Waals surface area contributed by atoms with E-state index in [1.807, 2.05) is 74.5 Å². The lowest BCUT2D eigenvalue weighted by atomic mass is 10.00. The van der Waals surface area contributed by atoms with Crippen molar-refractivity contribution >= 4 is 40.5 Å². The molecule has 0 saturated carbocycles. The molecule has 0 N–H and O–H groups in total. The van der Waals surface area contributed by atoms with Crippen LogP contribution in [0.4, 0.5) is 11.4 Å². The van der Waals surface area contributed by atoms with E-state index in [1.54, 1.807) is 24.0 Å². The zero-order chi connectivity index (χ0) is 23.5. The molecule has 0 saturated heterocycles. The molecule has 0 aromatic heterocycles. The van der Waals surface area contributed by atoms with E-state index < -0.39 is 6.04 Å². The lowest BCUT2D eigenvalue weighted by Gasteiger charge is -2.28. The van der Waals surface area contributed by atoms with Gasteiger partial charge in [0.2, 0.25) is 5.91 Å². The fourth-order valence-electron chi connectivity index (χ4n) is 4.10. The number of carbonyl (C=O) groups is 2. The highest BCUT2D eigenvalue weighted by atomic mass is 35.5. The van der Waals surface area contributed by atoms with Gasteiger partial charge in [-0.2, -0.15) is 0 Å². The van der Waals surface area contributed by atoms with Gasteiger partial charge >= 0.3 is 0 Å². The first-order chi connectivity index (χ1) is 15.9. The third-order valence-electron chi connectivity index (χ3n) is 5.72. The van der Waals surface area contributed by atoms with Crippen molar-refractivity contribution in [1.29, 1.82) is 0 Å². The molecule has 1 atom stereocenters.